The first-order chi connectivity index (χ1) is 11.2. The van der Waals surface area contributed by atoms with E-state index in [0.717, 1.165) is 34.9 Å². The molecule has 7 heteroatoms. The smallest absolute Gasteiger partial charge is 0.221 e. The van der Waals surface area contributed by atoms with Crippen LogP contribution in [0.4, 0.5) is 0 Å². The number of amides is 1. The minimum Gasteiger partial charge on any atom is -0.491 e. The maximum atomic E-state index is 12.1. The van der Waals surface area contributed by atoms with Gasteiger partial charge in [0.2, 0.25) is 5.91 Å². The van der Waals surface area contributed by atoms with Crippen LogP contribution >= 0.6 is 24.2 Å². The maximum Gasteiger partial charge on any atom is 0.221 e. The molecule has 5 nitrogen and oxygen atoms in total. The number of nitrogens with one attached hydrogen (secondary N) is 2. The Labute approximate surface area is 154 Å². The van der Waals surface area contributed by atoms with Gasteiger partial charge in [-0.2, -0.15) is 11.8 Å². The zero-order valence-corrected chi connectivity index (χ0v) is 15.9. The monoisotopic (exact) mass is 374 g/mol. The van der Waals surface area contributed by atoms with Gasteiger partial charge in [-0.25, -0.2) is 0 Å². The first-order valence-electron chi connectivity index (χ1n) is 7.98. The van der Waals surface area contributed by atoms with Gasteiger partial charge in [0.05, 0.1) is 6.61 Å². The SMILES string of the molecule is COCCOc1cc(C)ccc1CNC(=O)CC1CSCCN1.Cl. The molecule has 0 spiro atoms. The summed E-state index contributed by atoms with van der Waals surface area (Å²) < 4.78 is 10.8. The molecule has 1 heterocycles. The van der Waals surface area contributed by atoms with Crippen LogP contribution in [0.1, 0.15) is 17.5 Å². The average Bonchev–Trinajstić information content (AvgIpc) is 2.55. The van der Waals surface area contributed by atoms with Crippen molar-refractivity contribution in [3.8, 4) is 5.75 Å². The van der Waals surface area contributed by atoms with E-state index in [2.05, 4.69) is 10.6 Å². The number of ether oxygens (including phenoxy) is 2. The lowest BCUT2D eigenvalue weighted by molar-refractivity contribution is -0.121. The Morgan fingerprint density at radius 2 is 2.25 bits per heavy atom. The number of methoxy groups -OCH3 is 1. The lowest BCUT2D eigenvalue weighted by atomic mass is 10.1. The third-order valence-corrected chi connectivity index (χ3v) is 4.80. The summed E-state index contributed by atoms with van der Waals surface area (Å²) in [5, 5.41) is 6.38. The second-order valence-electron chi connectivity index (χ2n) is 5.66. The van der Waals surface area contributed by atoms with Gasteiger partial charge in [0, 0.05) is 49.7 Å². The Morgan fingerprint density at radius 1 is 1.42 bits per heavy atom. The summed E-state index contributed by atoms with van der Waals surface area (Å²) in [6, 6.07) is 6.32. The Bertz CT molecular complexity index is 511. The van der Waals surface area contributed by atoms with Crippen LogP contribution in [-0.2, 0) is 16.1 Å². The van der Waals surface area contributed by atoms with Crippen molar-refractivity contribution < 1.29 is 14.3 Å². The zero-order valence-electron chi connectivity index (χ0n) is 14.3. The van der Waals surface area contributed by atoms with E-state index in [9.17, 15) is 4.79 Å². The van der Waals surface area contributed by atoms with Crippen LogP contribution in [0.5, 0.6) is 5.75 Å². The van der Waals surface area contributed by atoms with Gasteiger partial charge < -0.3 is 20.1 Å². The van der Waals surface area contributed by atoms with E-state index in [1.54, 1.807) is 7.11 Å². The van der Waals surface area contributed by atoms with Gasteiger partial charge in [0.1, 0.15) is 12.4 Å². The van der Waals surface area contributed by atoms with Crippen molar-refractivity contribution in [1.82, 2.24) is 10.6 Å². The minimum atomic E-state index is 0. The molecule has 24 heavy (non-hydrogen) atoms. The van der Waals surface area contributed by atoms with Crippen molar-refractivity contribution in [3.05, 3.63) is 29.3 Å². The molecule has 1 fully saturated rings. The highest BCUT2D eigenvalue weighted by Gasteiger charge is 2.16. The standard InChI is InChI=1S/C17H26N2O3S.ClH/c1-13-3-4-14(16(9-13)22-7-6-21-2)11-19-17(20)10-15-12-23-8-5-18-15;/h3-4,9,15,18H,5-8,10-12H2,1-2H3,(H,19,20);1H. The summed E-state index contributed by atoms with van der Waals surface area (Å²) in [7, 11) is 1.65. The molecule has 1 aromatic rings. The van der Waals surface area contributed by atoms with Crippen LogP contribution in [0.15, 0.2) is 18.2 Å². The van der Waals surface area contributed by atoms with Gasteiger partial charge in [-0.15, -0.1) is 12.4 Å². The largest absolute Gasteiger partial charge is 0.491 e. The third-order valence-electron chi connectivity index (χ3n) is 3.67. The zero-order chi connectivity index (χ0) is 16.5. The number of rotatable bonds is 8. The molecule has 2 rings (SSSR count). The number of hydrogen-bond acceptors (Lipinski definition) is 5. The molecular formula is C17H27ClN2O3S. The molecular weight excluding hydrogens is 348 g/mol. The fourth-order valence-corrected chi connectivity index (χ4v) is 3.37. The molecule has 0 aromatic heterocycles. The number of aryl methyl sites for hydroxylation is 1. The normalized spacial score (nSPS) is 17.0. The van der Waals surface area contributed by atoms with E-state index in [1.807, 2.05) is 36.9 Å². The summed E-state index contributed by atoms with van der Waals surface area (Å²) >= 11 is 1.90. The van der Waals surface area contributed by atoms with Crippen molar-refractivity contribution in [2.75, 3.05) is 38.4 Å². The third kappa shape index (κ3) is 7.30. The molecule has 1 aliphatic rings. The number of carbonyl (C=O) groups excluding carboxylic acids is 1. The lowest BCUT2D eigenvalue weighted by Crippen LogP contribution is -2.41. The van der Waals surface area contributed by atoms with E-state index in [0.29, 0.717) is 26.2 Å². The Hall–Kier alpha value is -0.950. The Kier molecular flexibility index (Phi) is 10.2. The predicted molar refractivity (Wildman–Crippen MR) is 101 cm³/mol. The lowest BCUT2D eigenvalue weighted by Gasteiger charge is -2.22. The molecule has 136 valence electrons. The summed E-state index contributed by atoms with van der Waals surface area (Å²) in [5.41, 5.74) is 2.13. The molecule has 1 saturated heterocycles. The highest BCUT2D eigenvalue weighted by atomic mass is 35.5. The van der Waals surface area contributed by atoms with Gasteiger partial charge in [0.25, 0.3) is 0 Å². The molecule has 1 aliphatic heterocycles. The first-order valence-corrected chi connectivity index (χ1v) is 9.13. The van der Waals surface area contributed by atoms with E-state index in [-0.39, 0.29) is 24.4 Å². The van der Waals surface area contributed by atoms with E-state index in [1.165, 1.54) is 0 Å². The van der Waals surface area contributed by atoms with Crippen LogP contribution in [0.2, 0.25) is 0 Å². The molecule has 2 N–H and O–H groups in total. The number of carbonyl (C=O) groups is 1. The molecule has 1 unspecified atom stereocenters. The molecule has 0 saturated carbocycles. The maximum absolute atomic E-state index is 12.1. The van der Waals surface area contributed by atoms with Crippen LogP contribution in [-0.4, -0.2) is 50.3 Å². The van der Waals surface area contributed by atoms with Crippen LogP contribution < -0.4 is 15.4 Å². The number of hydrogen-bond donors (Lipinski definition) is 2. The number of halogens is 1. The summed E-state index contributed by atoms with van der Waals surface area (Å²) in [6.45, 7) is 4.55. The van der Waals surface area contributed by atoms with Crippen molar-refractivity contribution in [2.24, 2.45) is 0 Å². The second-order valence-corrected chi connectivity index (χ2v) is 6.81. The highest BCUT2D eigenvalue weighted by molar-refractivity contribution is 7.99. The quantitative estimate of drug-likeness (QED) is 0.683. The topological polar surface area (TPSA) is 59.6 Å². The highest BCUT2D eigenvalue weighted by Crippen LogP contribution is 2.20. The molecule has 1 amide bonds. The van der Waals surface area contributed by atoms with E-state index >= 15 is 0 Å². The average molecular weight is 375 g/mol. The first kappa shape index (κ1) is 21.1. The fraction of sp³-hybridized carbons (Fsp3) is 0.588. The summed E-state index contributed by atoms with van der Waals surface area (Å²) in [4.78, 5) is 12.1. The van der Waals surface area contributed by atoms with Crippen molar-refractivity contribution in [1.29, 1.82) is 0 Å². The number of thioether (sulfide) groups is 1. The van der Waals surface area contributed by atoms with Crippen LogP contribution in [0.25, 0.3) is 0 Å². The molecule has 0 bridgehead atoms. The van der Waals surface area contributed by atoms with Crippen LogP contribution in [0, 0.1) is 6.92 Å². The Balaban J connectivity index is 0.00000288. The number of benzene rings is 1. The van der Waals surface area contributed by atoms with E-state index in [4.69, 9.17) is 9.47 Å². The minimum absolute atomic E-state index is 0. The fourth-order valence-electron chi connectivity index (χ4n) is 2.42. The summed E-state index contributed by atoms with van der Waals surface area (Å²) in [5.74, 6) is 3.02. The van der Waals surface area contributed by atoms with Gasteiger partial charge in [0.15, 0.2) is 0 Å². The van der Waals surface area contributed by atoms with Gasteiger partial charge in [-0.1, -0.05) is 12.1 Å². The van der Waals surface area contributed by atoms with Gasteiger partial charge >= 0.3 is 0 Å². The van der Waals surface area contributed by atoms with Crippen LogP contribution in [0.3, 0.4) is 0 Å². The second kappa shape index (κ2) is 11.6. The molecule has 0 radical (unpaired) electrons. The van der Waals surface area contributed by atoms with Crippen molar-refractivity contribution in [3.63, 3.8) is 0 Å². The molecule has 1 aromatic carbocycles. The van der Waals surface area contributed by atoms with Crippen molar-refractivity contribution >= 4 is 30.1 Å². The van der Waals surface area contributed by atoms with Crippen molar-refractivity contribution in [2.45, 2.75) is 25.9 Å². The predicted octanol–water partition coefficient (Wildman–Crippen LogP) is 2.15. The van der Waals surface area contributed by atoms with E-state index < -0.39 is 0 Å². The molecule has 0 aliphatic carbocycles. The molecule has 1 atom stereocenters. The Morgan fingerprint density at radius 3 is 2.96 bits per heavy atom. The summed E-state index contributed by atoms with van der Waals surface area (Å²) in [6.07, 6.45) is 0.527. The van der Waals surface area contributed by atoms with Gasteiger partial charge in [-0.3, -0.25) is 4.79 Å². The van der Waals surface area contributed by atoms with Gasteiger partial charge in [-0.05, 0) is 18.6 Å².